The molecule has 54 heavy (non-hydrogen) atoms. The lowest BCUT2D eigenvalue weighted by molar-refractivity contribution is -0.139. The Morgan fingerprint density at radius 2 is 0.704 bits per heavy atom. The van der Waals surface area contributed by atoms with Gasteiger partial charge in [0.25, 0.3) is 0 Å². The van der Waals surface area contributed by atoms with Gasteiger partial charge in [0.15, 0.2) is 0 Å². The fourth-order valence-electron chi connectivity index (χ4n) is 4.96. The number of carbonyl (C=O) groups excluding carboxylic acids is 2. The van der Waals surface area contributed by atoms with Gasteiger partial charge in [0, 0.05) is 11.1 Å². The monoisotopic (exact) mass is 730 g/mol. The fourth-order valence-corrected chi connectivity index (χ4v) is 4.96. The highest BCUT2D eigenvalue weighted by Gasteiger charge is 2.04. The van der Waals surface area contributed by atoms with Gasteiger partial charge in [0.1, 0.15) is 11.5 Å². The Hall–Kier alpha value is -5.90. The van der Waals surface area contributed by atoms with Gasteiger partial charge in [0.05, 0.1) is 49.2 Å². The van der Waals surface area contributed by atoms with Crippen molar-refractivity contribution in [3.8, 4) is 22.6 Å². The maximum atomic E-state index is 11.4. The second-order valence-corrected chi connectivity index (χ2v) is 12.8. The first-order chi connectivity index (χ1) is 26.3. The van der Waals surface area contributed by atoms with Crippen LogP contribution < -0.4 is 9.47 Å². The molecule has 0 spiro atoms. The highest BCUT2D eigenvalue weighted by atomic mass is 16.5. The van der Waals surface area contributed by atoms with E-state index in [2.05, 4.69) is 33.6 Å². The van der Waals surface area contributed by atoms with E-state index in [0.717, 1.165) is 96.7 Å². The van der Waals surface area contributed by atoms with Crippen LogP contribution in [0.15, 0.2) is 142 Å². The summed E-state index contributed by atoms with van der Waals surface area (Å²) in [7, 11) is 0. The van der Waals surface area contributed by atoms with Crippen molar-refractivity contribution in [3.63, 3.8) is 0 Å². The molecule has 4 aromatic carbocycles. The van der Waals surface area contributed by atoms with Gasteiger partial charge in [-0.3, -0.25) is 0 Å². The van der Waals surface area contributed by atoms with E-state index in [9.17, 15) is 9.59 Å². The first-order valence-electron chi connectivity index (χ1n) is 18.4. The molecular weight excluding hydrogens is 681 g/mol. The van der Waals surface area contributed by atoms with Gasteiger partial charge in [-0.05, 0) is 149 Å². The van der Waals surface area contributed by atoms with E-state index >= 15 is 0 Å². The molecule has 4 aromatic rings. The highest BCUT2D eigenvalue weighted by molar-refractivity contribution is 5.87. The lowest BCUT2D eigenvalue weighted by Gasteiger charge is -2.07. The Balaban J connectivity index is 1.12. The normalized spacial score (nSPS) is 11.1. The van der Waals surface area contributed by atoms with Crippen LogP contribution in [0.5, 0.6) is 11.5 Å². The second kappa shape index (κ2) is 22.9. The Morgan fingerprint density at radius 3 is 1.00 bits per heavy atom. The van der Waals surface area contributed by atoms with E-state index in [1.54, 1.807) is 13.8 Å². The Morgan fingerprint density at radius 1 is 0.426 bits per heavy atom. The highest BCUT2D eigenvalue weighted by Crippen LogP contribution is 2.28. The molecule has 10 nitrogen and oxygen atoms in total. The largest absolute Gasteiger partial charge is 0.494 e. The van der Waals surface area contributed by atoms with Crippen molar-refractivity contribution >= 4 is 34.7 Å². The average Bonchev–Trinajstić information content (AvgIpc) is 3.19. The number of rotatable bonds is 23. The van der Waals surface area contributed by atoms with Crippen LogP contribution in [0, 0.1) is 0 Å². The number of ether oxygens (including phenoxy) is 4. The van der Waals surface area contributed by atoms with E-state index in [1.807, 2.05) is 97.1 Å². The maximum absolute atomic E-state index is 11.4. The third-order valence-corrected chi connectivity index (χ3v) is 8.08. The predicted octanol–water partition coefficient (Wildman–Crippen LogP) is 12.3. The van der Waals surface area contributed by atoms with Crippen molar-refractivity contribution in [2.45, 2.75) is 65.2 Å². The van der Waals surface area contributed by atoms with E-state index < -0.39 is 0 Å². The van der Waals surface area contributed by atoms with Crippen LogP contribution in [0.3, 0.4) is 0 Å². The molecule has 0 amide bonds. The lowest BCUT2D eigenvalue weighted by Crippen LogP contribution is -2.06. The standard InChI is InChI=1S/C44H50N4O6/c1-33(2)43(49)53-31-11-7-5-9-29-51-41-25-21-39(22-26-41)47-45-37-17-13-35(14-18-37)36-15-19-38(20-16-36)46-48-40-23-27-42(28-24-40)52-30-10-6-8-12-32-54-44(50)34(3)4/h13-28H,1,3,5-12,29-32H2,2,4H3. The molecule has 0 N–H and O–H groups in total. The average molecular weight is 731 g/mol. The van der Waals surface area contributed by atoms with Gasteiger partial charge in [-0.1, -0.05) is 37.4 Å². The molecule has 0 radical (unpaired) electrons. The van der Waals surface area contributed by atoms with Crippen molar-refractivity contribution in [3.05, 3.63) is 121 Å². The fraction of sp³-hybridized carbons (Fsp3) is 0.318. The summed E-state index contributed by atoms with van der Waals surface area (Å²) in [4.78, 5) is 22.8. The Bertz CT molecular complexity index is 1700. The predicted molar refractivity (Wildman–Crippen MR) is 213 cm³/mol. The van der Waals surface area contributed by atoms with E-state index in [-0.39, 0.29) is 11.9 Å². The van der Waals surface area contributed by atoms with Crippen molar-refractivity contribution in [1.29, 1.82) is 0 Å². The van der Waals surface area contributed by atoms with Crippen molar-refractivity contribution in [2.75, 3.05) is 26.4 Å². The van der Waals surface area contributed by atoms with Gasteiger partial charge < -0.3 is 18.9 Å². The van der Waals surface area contributed by atoms with Crippen LogP contribution in [0.1, 0.15) is 65.2 Å². The van der Waals surface area contributed by atoms with Crippen LogP contribution in [-0.2, 0) is 19.1 Å². The Kier molecular flexibility index (Phi) is 17.3. The Labute approximate surface area is 318 Å². The topological polar surface area (TPSA) is 120 Å². The molecule has 0 aliphatic carbocycles. The van der Waals surface area contributed by atoms with Crippen LogP contribution >= 0.6 is 0 Å². The molecule has 0 saturated carbocycles. The number of esters is 2. The van der Waals surface area contributed by atoms with E-state index in [4.69, 9.17) is 18.9 Å². The van der Waals surface area contributed by atoms with Crippen molar-refractivity contribution < 1.29 is 28.5 Å². The lowest BCUT2D eigenvalue weighted by atomic mass is 10.1. The molecule has 0 atom stereocenters. The van der Waals surface area contributed by atoms with Gasteiger partial charge in [-0.25, -0.2) is 9.59 Å². The summed E-state index contributed by atoms with van der Waals surface area (Å²) >= 11 is 0. The summed E-state index contributed by atoms with van der Waals surface area (Å²) in [5.41, 5.74) is 5.97. The van der Waals surface area contributed by atoms with Gasteiger partial charge in [-0.15, -0.1) is 0 Å². The molecule has 282 valence electrons. The number of azo groups is 2. The van der Waals surface area contributed by atoms with Gasteiger partial charge >= 0.3 is 11.9 Å². The molecule has 0 bridgehead atoms. The van der Waals surface area contributed by atoms with Crippen molar-refractivity contribution in [1.82, 2.24) is 0 Å². The first kappa shape index (κ1) is 40.9. The summed E-state index contributed by atoms with van der Waals surface area (Å²) < 4.78 is 21.9. The molecule has 4 rings (SSSR count). The summed E-state index contributed by atoms with van der Waals surface area (Å²) in [6.45, 7) is 12.6. The molecule has 10 heteroatoms. The molecule has 0 heterocycles. The SMILES string of the molecule is C=C(C)C(=O)OCCCCCCOc1ccc(N=Nc2ccc(-c3ccc(N=Nc4ccc(OCCCCCCOC(=O)C(=C)C)cc4)cc3)cc2)cc1. The van der Waals surface area contributed by atoms with Crippen molar-refractivity contribution in [2.24, 2.45) is 20.5 Å². The zero-order valence-corrected chi connectivity index (χ0v) is 31.4. The number of carbonyl (C=O) groups is 2. The van der Waals surface area contributed by atoms with Gasteiger partial charge in [-0.2, -0.15) is 20.5 Å². The molecular formula is C44H50N4O6. The van der Waals surface area contributed by atoms with E-state index in [1.165, 1.54) is 0 Å². The number of hydrogen-bond acceptors (Lipinski definition) is 10. The minimum absolute atomic E-state index is 0.330. The summed E-state index contributed by atoms with van der Waals surface area (Å²) in [5, 5.41) is 17.5. The molecule has 0 fully saturated rings. The summed E-state index contributed by atoms with van der Waals surface area (Å²) in [5.74, 6) is 0.921. The van der Waals surface area contributed by atoms with Crippen LogP contribution in [-0.4, -0.2) is 38.4 Å². The molecule has 0 saturated heterocycles. The number of hydrogen-bond donors (Lipinski definition) is 0. The minimum atomic E-state index is -0.330. The van der Waals surface area contributed by atoms with Crippen LogP contribution in [0.2, 0.25) is 0 Å². The molecule has 0 aliphatic rings. The first-order valence-corrected chi connectivity index (χ1v) is 18.4. The van der Waals surface area contributed by atoms with Crippen LogP contribution in [0.4, 0.5) is 22.7 Å². The second-order valence-electron chi connectivity index (χ2n) is 12.8. The summed E-state index contributed by atoms with van der Waals surface area (Å²) in [6, 6.07) is 30.9. The smallest absolute Gasteiger partial charge is 0.333 e. The minimum Gasteiger partial charge on any atom is -0.494 e. The third-order valence-electron chi connectivity index (χ3n) is 8.08. The molecule has 0 unspecified atom stereocenters. The summed E-state index contributed by atoms with van der Waals surface area (Å²) in [6.07, 6.45) is 7.49. The zero-order chi connectivity index (χ0) is 38.4. The van der Waals surface area contributed by atoms with Crippen LogP contribution in [0.25, 0.3) is 11.1 Å². The maximum Gasteiger partial charge on any atom is 0.333 e. The number of nitrogens with zero attached hydrogens (tertiary/aromatic N) is 4. The zero-order valence-electron chi connectivity index (χ0n) is 31.4. The number of benzene rings is 4. The number of unbranched alkanes of at least 4 members (excludes halogenated alkanes) is 6. The quantitative estimate of drug-likeness (QED) is 0.0324. The van der Waals surface area contributed by atoms with E-state index in [0.29, 0.717) is 37.6 Å². The third kappa shape index (κ3) is 15.4. The van der Waals surface area contributed by atoms with Gasteiger partial charge in [0.2, 0.25) is 0 Å². The molecule has 0 aromatic heterocycles. The molecule has 0 aliphatic heterocycles.